The van der Waals surface area contributed by atoms with Crippen LogP contribution in [0.4, 0.5) is 0 Å². The number of amides is 1. The van der Waals surface area contributed by atoms with Crippen LogP contribution in [-0.4, -0.2) is 105 Å². The number of hydrogen-bond acceptors (Lipinski definition) is 9. The number of fused-ring (bicyclic) bond motifs is 3. The summed E-state index contributed by atoms with van der Waals surface area (Å²) in [5, 5.41) is 11.7. The number of sulfone groups is 1. The summed E-state index contributed by atoms with van der Waals surface area (Å²) in [7, 11) is -3.72. The van der Waals surface area contributed by atoms with Crippen LogP contribution in [0, 0.1) is 0 Å². The molecule has 0 atom stereocenters. The van der Waals surface area contributed by atoms with Crippen LogP contribution in [0.25, 0.3) is 16.9 Å². The van der Waals surface area contributed by atoms with Crippen molar-refractivity contribution >= 4 is 22.2 Å². The highest BCUT2D eigenvalue weighted by molar-refractivity contribution is 7.91. The summed E-state index contributed by atoms with van der Waals surface area (Å²) in [6.45, 7) is 7.91. The van der Waals surface area contributed by atoms with E-state index in [1.165, 1.54) is 0 Å². The van der Waals surface area contributed by atoms with Gasteiger partial charge >= 0.3 is 0 Å². The van der Waals surface area contributed by atoms with Crippen molar-refractivity contribution in [3.63, 3.8) is 0 Å². The maximum absolute atomic E-state index is 13.6. The van der Waals surface area contributed by atoms with E-state index in [9.17, 15) is 13.2 Å². The highest BCUT2D eigenvalue weighted by Gasteiger charge is 2.37. The van der Waals surface area contributed by atoms with Gasteiger partial charge < -0.3 is 24.2 Å². The molecule has 3 aliphatic heterocycles. The molecule has 13 heteroatoms. The molecule has 1 amide bonds. The Labute approximate surface area is 244 Å². The third kappa shape index (κ3) is 6.19. The van der Waals surface area contributed by atoms with Gasteiger partial charge in [-0.15, -0.1) is 0 Å². The molecule has 0 saturated carbocycles. The van der Waals surface area contributed by atoms with Gasteiger partial charge in [0, 0.05) is 43.9 Å². The van der Waals surface area contributed by atoms with Crippen molar-refractivity contribution in [1.29, 1.82) is 0 Å². The molecular weight excluding hydrogens is 564 g/mol. The Bertz CT molecular complexity index is 1530. The normalized spacial score (nSPS) is 17.8. The molecule has 0 radical (unpaired) electrons. The third-order valence-corrected chi connectivity index (χ3v) is 9.04. The van der Waals surface area contributed by atoms with E-state index in [0.29, 0.717) is 55.5 Å². The first-order valence-electron chi connectivity index (χ1n) is 13.8. The second-order valence-electron chi connectivity index (χ2n) is 10.0. The Hall–Kier alpha value is -3.78. The Morgan fingerprint density at radius 1 is 1.02 bits per heavy atom. The van der Waals surface area contributed by atoms with Crippen molar-refractivity contribution in [2.24, 2.45) is 0 Å². The van der Waals surface area contributed by atoms with Gasteiger partial charge in [-0.05, 0) is 42.8 Å². The largest absolute Gasteiger partial charge is 0.494 e. The van der Waals surface area contributed by atoms with Crippen LogP contribution in [0.5, 0.6) is 5.75 Å². The van der Waals surface area contributed by atoms with Gasteiger partial charge in [0.1, 0.15) is 5.75 Å². The Morgan fingerprint density at radius 2 is 1.67 bits per heavy atom. The number of hydrogen-bond donors (Lipinski definition) is 1. The summed E-state index contributed by atoms with van der Waals surface area (Å²) in [4.78, 5) is 26.2. The standard InChI is InChI=1S/C28H32N4O6S.CH2O2/c1-2-38-22-7-8-23-25(17-22)39(34,35)19-24-26(28(33)31-11-15-37-16-12-31)29-32(27(23)24)21-5-3-20(4-6-21)18-30-9-13-36-14-10-30;2-1-3/h3-8,17H,2,9-16,18-19H2,1H3;1H,(H,2,3). The first-order valence-corrected chi connectivity index (χ1v) is 15.5. The van der Waals surface area contributed by atoms with E-state index in [4.69, 9.17) is 29.2 Å². The SMILES string of the molecule is CCOc1ccc2c(c1)S(=O)(=O)Cc1c(C(=O)N3CCOCC3)nn(-c3ccc(CN4CCOCC4)cc3)c1-2.O=CO. The average Bonchev–Trinajstić information content (AvgIpc) is 3.37. The number of nitrogens with zero attached hydrogens (tertiary/aromatic N) is 4. The Balaban J connectivity index is 0.00000113. The van der Waals surface area contributed by atoms with Gasteiger partial charge in [0.2, 0.25) is 0 Å². The minimum atomic E-state index is -3.72. The van der Waals surface area contributed by atoms with E-state index >= 15 is 0 Å². The van der Waals surface area contributed by atoms with E-state index in [-0.39, 0.29) is 28.7 Å². The fourth-order valence-corrected chi connectivity index (χ4v) is 6.98. The van der Waals surface area contributed by atoms with E-state index in [1.807, 2.05) is 19.1 Å². The number of carboxylic acid groups (broad SMARTS) is 1. The van der Waals surface area contributed by atoms with E-state index in [2.05, 4.69) is 17.0 Å². The van der Waals surface area contributed by atoms with Gasteiger partial charge in [-0.3, -0.25) is 14.5 Å². The topological polar surface area (TPSA) is 140 Å². The summed E-state index contributed by atoms with van der Waals surface area (Å²) in [6, 6.07) is 13.2. The number of morpholine rings is 2. The van der Waals surface area contributed by atoms with Gasteiger partial charge in [-0.25, -0.2) is 13.1 Å². The third-order valence-electron chi connectivity index (χ3n) is 7.36. The minimum Gasteiger partial charge on any atom is -0.494 e. The van der Waals surface area contributed by atoms with E-state index in [1.54, 1.807) is 27.8 Å². The molecule has 12 nitrogen and oxygen atoms in total. The monoisotopic (exact) mass is 598 g/mol. The first kappa shape index (κ1) is 29.7. The molecular formula is C29H34N4O8S. The van der Waals surface area contributed by atoms with Crippen molar-refractivity contribution in [1.82, 2.24) is 19.6 Å². The second kappa shape index (κ2) is 13.0. The number of rotatable bonds is 6. The van der Waals surface area contributed by atoms with Crippen molar-refractivity contribution in [3.8, 4) is 22.7 Å². The molecule has 0 spiro atoms. The predicted molar refractivity (Wildman–Crippen MR) is 153 cm³/mol. The zero-order valence-corrected chi connectivity index (χ0v) is 24.2. The van der Waals surface area contributed by atoms with Crippen molar-refractivity contribution in [3.05, 3.63) is 59.3 Å². The van der Waals surface area contributed by atoms with Gasteiger partial charge in [-0.1, -0.05) is 12.1 Å². The quantitative estimate of drug-likeness (QED) is 0.420. The molecule has 0 unspecified atom stereocenters. The molecule has 0 aliphatic carbocycles. The first-order chi connectivity index (χ1) is 20.4. The lowest BCUT2D eigenvalue weighted by Gasteiger charge is -2.26. The van der Waals surface area contributed by atoms with Gasteiger partial charge in [0.15, 0.2) is 15.5 Å². The van der Waals surface area contributed by atoms with Crippen LogP contribution in [0.1, 0.15) is 28.5 Å². The van der Waals surface area contributed by atoms with Crippen LogP contribution in [-0.2, 0) is 36.4 Å². The molecule has 2 aromatic carbocycles. The molecule has 2 fully saturated rings. The van der Waals surface area contributed by atoms with Crippen molar-refractivity contribution in [2.75, 3.05) is 59.2 Å². The maximum atomic E-state index is 13.6. The smallest absolute Gasteiger partial charge is 0.290 e. The summed E-state index contributed by atoms with van der Waals surface area (Å²) in [5.41, 5.74) is 3.67. The highest BCUT2D eigenvalue weighted by Crippen LogP contribution is 2.42. The van der Waals surface area contributed by atoms with Crippen LogP contribution in [0.3, 0.4) is 0 Å². The summed E-state index contributed by atoms with van der Waals surface area (Å²) in [6.07, 6.45) is 0. The van der Waals surface area contributed by atoms with Crippen LogP contribution < -0.4 is 4.74 Å². The lowest BCUT2D eigenvalue weighted by Crippen LogP contribution is -2.41. The lowest BCUT2D eigenvalue weighted by atomic mass is 10.0. The molecule has 3 aliphatic rings. The van der Waals surface area contributed by atoms with Gasteiger partial charge in [0.05, 0.1) is 55.1 Å². The van der Waals surface area contributed by atoms with Crippen molar-refractivity contribution < 1.29 is 37.3 Å². The lowest BCUT2D eigenvalue weighted by molar-refractivity contribution is -0.122. The van der Waals surface area contributed by atoms with Gasteiger partial charge in [0.25, 0.3) is 12.4 Å². The molecule has 3 aromatic rings. The molecule has 1 aromatic heterocycles. The van der Waals surface area contributed by atoms with Crippen LogP contribution in [0.15, 0.2) is 47.4 Å². The fraction of sp³-hybridized carbons (Fsp3) is 0.414. The molecule has 0 bridgehead atoms. The Kier molecular flexibility index (Phi) is 9.21. The highest BCUT2D eigenvalue weighted by atomic mass is 32.2. The molecule has 6 rings (SSSR count). The zero-order chi connectivity index (χ0) is 29.7. The summed E-state index contributed by atoms with van der Waals surface area (Å²) < 4.78 is 45.1. The molecule has 4 heterocycles. The second-order valence-corrected chi connectivity index (χ2v) is 12.0. The van der Waals surface area contributed by atoms with Crippen LogP contribution >= 0.6 is 0 Å². The zero-order valence-electron chi connectivity index (χ0n) is 23.4. The minimum absolute atomic E-state index is 0.174. The molecule has 42 heavy (non-hydrogen) atoms. The number of carbonyl (C=O) groups excluding carboxylic acids is 1. The van der Waals surface area contributed by atoms with E-state index in [0.717, 1.165) is 44.1 Å². The molecule has 2 saturated heterocycles. The van der Waals surface area contributed by atoms with Crippen LogP contribution in [0.2, 0.25) is 0 Å². The summed E-state index contributed by atoms with van der Waals surface area (Å²) >= 11 is 0. The Morgan fingerprint density at radius 3 is 2.31 bits per heavy atom. The number of benzene rings is 2. The molecule has 224 valence electrons. The average molecular weight is 599 g/mol. The number of carbonyl (C=O) groups is 2. The molecule has 1 N–H and O–H groups in total. The van der Waals surface area contributed by atoms with Gasteiger partial charge in [-0.2, -0.15) is 5.10 Å². The predicted octanol–water partition coefficient (Wildman–Crippen LogP) is 2.23. The fourth-order valence-electron chi connectivity index (χ4n) is 5.38. The number of aromatic nitrogens is 2. The summed E-state index contributed by atoms with van der Waals surface area (Å²) in [5.74, 6) is -0.0842. The van der Waals surface area contributed by atoms with E-state index < -0.39 is 9.84 Å². The van der Waals surface area contributed by atoms with Crippen molar-refractivity contribution in [2.45, 2.75) is 24.1 Å². The maximum Gasteiger partial charge on any atom is 0.290 e. The number of ether oxygens (including phenoxy) is 3.